The van der Waals surface area contributed by atoms with Crippen LogP contribution >= 0.6 is 10.7 Å². The van der Waals surface area contributed by atoms with Crippen molar-refractivity contribution in [2.45, 2.75) is 25.1 Å². The summed E-state index contributed by atoms with van der Waals surface area (Å²) >= 11 is 0. The third kappa shape index (κ3) is 3.03. The zero-order chi connectivity index (χ0) is 13.3. The van der Waals surface area contributed by atoms with Crippen LogP contribution in [0.4, 0.5) is 0 Å². The van der Waals surface area contributed by atoms with E-state index in [4.69, 9.17) is 10.7 Å². The third-order valence-electron chi connectivity index (χ3n) is 3.03. The molecule has 98 valence electrons. The highest BCUT2D eigenvalue weighted by Gasteiger charge is 2.37. The van der Waals surface area contributed by atoms with E-state index in [9.17, 15) is 13.2 Å². The molecule has 1 aliphatic rings. The molecule has 1 aromatic carbocycles. The summed E-state index contributed by atoms with van der Waals surface area (Å²) in [7, 11) is 1.63. The molecule has 2 rings (SSSR count). The first-order chi connectivity index (χ1) is 8.36. The fourth-order valence-corrected chi connectivity index (χ4v) is 3.17. The van der Waals surface area contributed by atoms with Gasteiger partial charge in [-0.2, -0.15) is 0 Å². The van der Waals surface area contributed by atoms with Gasteiger partial charge in [0.2, 0.25) is 15.0 Å². The Balaban J connectivity index is 2.10. The molecule has 1 atom stereocenters. The van der Waals surface area contributed by atoms with Crippen LogP contribution in [0.3, 0.4) is 0 Å². The van der Waals surface area contributed by atoms with Gasteiger partial charge in [0, 0.05) is 30.2 Å². The zero-order valence-corrected chi connectivity index (χ0v) is 11.5. The summed E-state index contributed by atoms with van der Waals surface area (Å²) in [6.07, 6.45) is -0.0162. The molecule has 1 amide bonds. The van der Waals surface area contributed by atoms with Gasteiger partial charge in [0.05, 0.1) is 0 Å². The molecule has 1 fully saturated rings. The maximum atomic E-state index is 11.7. The molecule has 0 aromatic heterocycles. The molecule has 18 heavy (non-hydrogen) atoms. The fraction of sp³-hybridized carbons (Fsp3) is 0.417. The van der Waals surface area contributed by atoms with Gasteiger partial charge in [0.1, 0.15) is 5.25 Å². The van der Waals surface area contributed by atoms with E-state index < -0.39 is 14.3 Å². The Morgan fingerprint density at radius 2 is 2.17 bits per heavy atom. The zero-order valence-electron chi connectivity index (χ0n) is 9.97. The number of amides is 1. The van der Waals surface area contributed by atoms with Gasteiger partial charge in [0.25, 0.3) is 0 Å². The summed E-state index contributed by atoms with van der Waals surface area (Å²) in [4.78, 5) is 13.3. The molecule has 0 saturated carbocycles. The largest absolute Gasteiger partial charge is 0.337 e. The summed E-state index contributed by atoms with van der Waals surface area (Å²) in [6.45, 7) is 2.59. The number of hydrogen-bond donors (Lipinski definition) is 0. The Hall–Kier alpha value is -1.07. The van der Waals surface area contributed by atoms with Gasteiger partial charge in [0.15, 0.2) is 0 Å². The number of rotatable bonds is 3. The minimum absolute atomic E-state index is 0.0162. The predicted molar refractivity (Wildman–Crippen MR) is 69.8 cm³/mol. The van der Waals surface area contributed by atoms with Crippen LogP contribution < -0.4 is 0 Å². The van der Waals surface area contributed by atoms with Gasteiger partial charge in [-0.05, 0) is 12.5 Å². The van der Waals surface area contributed by atoms with Crippen molar-refractivity contribution in [3.8, 4) is 0 Å². The monoisotopic (exact) mass is 287 g/mol. The first kappa shape index (κ1) is 13.4. The molecule has 1 unspecified atom stereocenters. The van der Waals surface area contributed by atoms with E-state index in [1.807, 2.05) is 31.2 Å². The van der Waals surface area contributed by atoms with Crippen LogP contribution in [0.25, 0.3) is 0 Å². The standard InChI is InChI=1S/C12H14ClNO3S/c1-9-3-2-4-10(5-9)7-14-8-11(6-12(14)15)18(13,16)17/h2-5,11H,6-8H2,1H3. The fourth-order valence-electron chi connectivity index (χ4n) is 2.11. The number of carbonyl (C=O) groups excluding carboxylic acids is 1. The Morgan fingerprint density at radius 1 is 1.44 bits per heavy atom. The summed E-state index contributed by atoms with van der Waals surface area (Å²) in [6, 6.07) is 7.79. The van der Waals surface area contributed by atoms with Crippen molar-refractivity contribution in [3.63, 3.8) is 0 Å². The number of carbonyl (C=O) groups is 1. The molecule has 0 radical (unpaired) electrons. The minimum Gasteiger partial charge on any atom is -0.337 e. The smallest absolute Gasteiger partial charge is 0.237 e. The van der Waals surface area contributed by atoms with E-state index in [-0.39, 0.29) is 18.9 Å². The second-order valence-corrected chi connectivity index (χ2v) is 7.47. The predicted octanol–water partition coefficient (Wildman–Crippen LogP) is 1.66. The van der Waals surface area contributed by atoms with Crippen molar-refractivity contribution in [2.24, 2.45) is 0 Å². The molecular weight excluding hydrogens is 274 g/mol. The Bertz CT molecular complexity index is 570. The van der Waals surface area contributed by atoms with Gasteiger partial charge >= 0.3 is 0 Å². The van der Waals surface area contributed by atoms with Gasteiger partial charge in [-0.15, -0.1) is 0 Å². The van der Waals surface area contributed by atoms with Gasteiger partial charge in [-0.1, -0.05) is 29.8 Å². The van der Waals surface area contributed by atoms with E-state index >= 15 is 0 Å². The lowest BCUT2D eigenvalue weighted by Gasteiger charge is -2.16. The molecule has 0 spiro atoms. The lowest BCUT2D eigenvalue weighted by Crippen LogP contribution is -2.26. The lowest BCUT2D eigenvalue weighted by atomic mass is 10.1. The van der Waals surface area contributed by atoms with Crippen molar-refractivity contribution in [3.05, 3.63) is 35.4 Å². The topological polar surface area (TPSA) is 54.5 Å². The van der Waals surface area contributed by atoms with Crippen molar-refractivity contribution >= 4 is 25.6 Å². The SMILES string of the molecule is Cc1cccc(CN2CC(S(=O)(=O)Cl)CC2=O)c1. The van der Waals surface area contributed by atoms with Crippen molar-refractivity contribution in [2.75, 3.05) is 6.54 Å². The quantitative estimate of drug-likeness (QED) is 0.795. The normalized spacial score (nSPS) is 20.4. The van der Waals surface area contributed by atoms with Crippen LogP contribution in [0.5, 0.6) is 0 Å². The van der Waals surface area contributed by atoms with Crippen molar-refractivity contribution in [1.29, 1.82) is 0 Å². The summed E-state index contributed by atoms with van der Waals surface area (Å²) in [5.41, 5.74) is 2.11. The van der Waals surface area contributed by atoms with Gasteiger partial charge in [-0.25, -0.2) is 8.42 Å². The number of likely N-dealkylation sites (tertiary alicyclic amines) is 1. The van der Waals surface area contributed by atoms with Crippen LogP contribution in [-0.2, 0) is 20.4 Å². The van der Waals surface area contributed by atoms with Gasteiger partial charge in [-0.3, -0.25) is 4.79 Å². The first-order valence-corrected chi connectivity index (χ1v) is 8.00. The van der Waals surface area contributed by atoms with Crippen molar-refractivity contribution < 1.29 is 13.2 Å². The Kier molecular flexibility index (Phi) is 3.64. The highest BCUT2D eigenvalue weighted by atomic mass is 35.7. The summed E-state index contributed by atoms with van der Waals surface area (Å²) in [5, 5.41) is -0.781. The minimum atomic E-state index is -3.66. The first-order valence-electron chi connectivity index (χ1n) is 5.63. The van der Waals surface area contributed by atoms with Gasteiger partial charge < -0.3 is 4.90 Å². The molecule has 1 aliphatic heterocycles. The van der Waals surface area contributed by atoms with Crippen LogP contribution in [0.2, 0.25) is 0 Å². The molecule has 0 bridgehead atoms. The van der Waals surface area contributed by atoms with Crippen LogP contribution in [0.15, 0.2) is 24.3 Å². The average Bonchev–Trinajstić information content (AvgIpc) is 2.60. The molecule has 6 heteroatoms. The summed E-state index contributed by atoms with van der Waals surface area (Å²) < 4.78 is 22.4. The number of nitrogens with zero attached hydrogens (tertiary/aromatic N) is 1. The van der Waals surface area contributed by atoms with Crippen LogP contribution in [0.1, 0.15) is 17.5 Å². The molecule has 1 aromatic rings. The molecule has 4 nitrogen and oxygen atoms in total. The van der Waals surface area contributed by atoms with Crippen LogP contribution in [-0.4, -0.2) is 31.0 Å². The van der Waals surface area contributed by atoms with E-state index in [2.05, 4.69) is 0 Å². The number of benzene rings is 1. The molecule has 1 heterocycles. The number of hydrogen-bond acceptors (Lipinski definition) is 3. The Labute approximate surface area is 111 Å². The van der Waals surface area contributed by atoms with E-state index in [1.54, 1.807) is 4.90 Å². The average molecular weight is 288 g/mol. The Morgan fingerprint density at radius 3 is 2.72 bits per heavy atom. The van der Waals surface area contributed by atoms with Crippen molar-refractivity contribution in [1.82, 2.24) is 4.90 Å². The summed E-state index contributed by atoms with van der Waals surface area (Å²) in [5.74, 6) is -0.161. The molecular formula is C12H14ClNO3S. The third-order valence-corrected chi connectivity index (χ3v) is 4.90. The lowest BCUT2D eigenvalue weighted by molar-refractivity contribution is -0.128. The maximum absolute atomic E-state index is 11.7. The second kappa shape index (κ2) is 4.90. The number of aryl methyl sites for hydroxylation is 1. The molecule has 0 N–H and O–H groups in total. The second-order valence-electron chi connectivity index (χ2n) is 4.57. The van der Waals surface area contributed by atoms with E-state index in [0.717, 1.165) is 11.1 Å². The van der Waals surface area contributed by atoms with E-state index in [1.165, 1.54) is 0 Å². The molecule has 0 aliphatic carbocycles. The molecule has 1 saturated heterocycles. The highest BCUT2D eigenvalue weighted by molar-refractivity contribution is 8.14. The van der Waals surface area contributed by atoms with E-state index in [0.29, 0.717) is 6.54 Å². The highest BCUT2D eigenvalue weighted by Crippen LogP contribution is 2.23. The maximum Gasteiger partial charge on any atom is 0.237 e. The number of halogens is 1. The van der Waals surface area contributed by atoms with Crippen LogP contribution in [0, 0.1) is 6.92 Å².